The molecule has 0 saturated heterocycles. The zero-order chi connectivity index (χ0) is 19.1. The van der Waals surface area contributed by atoms with Crippen molar-refractivity contribution in [3.05, 3.63) is 90.3 Å². The molecule has 0 spiro atoms. The quantitative estimate of drug-likeness (QED) is 0.378. The van der Waals surface area contributed by atoms with Crippen molar-refractivity contribution in [2.45, 2.75) is 6.92 Å². The van der Waals surface area contributed by atoms with Crippen molar-refractivity contribution < 1.29 is 18.9 Å². The second-order valence-corrected chi connectivity index (χ2v) is 5.60. The van der Waals surface area contributed by atoms with E-state index in [0.29, 0.717) is 5.69 Å². The number of hydrogen-bond acceptors (Lipinski definition) is 5. The molecule has 0 saturated carbocycles. The Balaban J connectivity index is 2.11. The Kier molecular flexibility index (Phi) is 5.79. The number of pyridine rings is 1. The molecule has 136 valence electrons. The summed E-state index contributed by atoms with van der Waals surface area (Å²) in [5, 5.41) is 16.6. The van der Waals surface area contributed by atoms with Crippen molar-refractivity contribution in [1.82, 2.24) is 5.32 Å². The average molecular weight is 361 g/mol. The molecule has 1 aliphatic heterocycles. The van der Waals surface area contributed by atoms with Crippen molar-refractivity contribution in [1.29, 1.82) is 0 Å². The van der Waals surface area contributed by atoms with Crippen LogP contribution in [0.5, 0.6) is 0 Å². The molecule has 0 fully saturated rings. The van der Waals surface area contributed by atoms with E-state index in [0.717, 1.165) is 10.8 Å². The van der Waals surface area contributed by atoms with Crippen molar-refractivity contribution in [2.75, 3.05) is 6.61 Å². The topological polar surface area (TPSA) is 79.7 Å². The van der Waals surface area contributed by atoms with Crippen LogP contribution in [0.15, 0.2) is 84.4 Å². The molecule has 0 amide bonds. The SMILES string of the molecule is CCOC(=O)C(C([O-])=Nc1ccccc1)=[n+]1ccc(=C2C=CNC=C2)cc1. The predicted octanol–water partition coefficient (Wildman–Crippen LogP) is 0.789. The van der Waals surface area contributed by atoms with Gasteiger partial charge in [-0.3, -0.25) is 4.99 Å². The fraction of sp³-hybridized carbons (Fsp3) is 0.0952. The Hall–Kier alpha value is -3.67. The van der Waals surface area contributed by atoms with Crippen LogP contribution in [0.25, 0.3) is 5.57 Å². The minimum absolute atomic E-state index is 0.159. The molecule has 2 aromatic rings. The van der Waals surface area contributed by atoms with Crippen LogP contribution in [0, 0.1) is 5.71 Å². The summed E-state index contributed by atoms with van der Waals surface area (Å²) in [6.07, 6.45) is 10.8. The summed E-state index contributed by atoms with van der Waals surface area (Å²) in [4.78, 5) is 16.4. The third kappa shape index (κ3) is 4.49. The van der Waals surface area contributed by atoms with Gasteiger partial charge in [-0.15, -0.1) is 0 Å². The summed E-state index contributed by atoms with van der Waals surface area (Å²) in [7, 11) is 0. The highest BCUT2D eigenvalue weighted by molar-refractivity contribution is 6.06. The van der Waals surface area contributed by atoms with Gasteiger partial charge in [0.2, 0.25) is 0 Å². The van der Waals surface area contributed by atoms with E-state index in [2.05, 4.69) is 10.3 Å². The molecule has 6 nitrogen and oxygen atoms in total. The summed E-state index contributed by atoms with van der Waals surface area (Å²) >= 11 is 0. The number of allylic oxidation sites excluding steroid dienone is 2. The Morgan fingerprint density at radius 1 is 1.11 bits per heavy atom. The van der Waals surface area contributed by atoms with Gasteiger partial charge in [-0.1, -0.05) is 18.2 Å². The summed E-state index contributed by atoms with van der Waals surface area (Å²) in [6.45, 7) is 1.86. The maximum atomic E-state index is 12.7. The second-order valence-electron chi connectivity index (χ2n) is 5.60. The van der Waals surface area contributed by atoms with Crippen LogP contribution in [-0.2, 0) is 9.53 Å². The van der Waals surface area contributed by atoms with Gasteiger partial charge in [0, 0.05) is 24.5 Å². The molecule has 1 aromatic heterocycles. The number of para-hydroxylation sites is 1. The summed E-state index contributed by atoms with van der Waals surface area (Å²) in [5.74, 6) is -1.37. The maximum Gasteiger partial charge on any atom is 0.405 e. The molecule has 0 radical (unpaired) electrons. The molecular weight excluding hydrogens is 342 g/mol. The smallest absolute Gasteiger partial charge is 0.405 e. The van der Waals surface area contributed by atoms with E-state index < -0.39 is 11.9 Å². The van der Waals surface area contributed by atoms with Crippen LogP contribution in [0.1, 0.15) is 6.92 Å². The van der Waals surface area contributed by atoms with Crippen LogP contribution in [0.4, 0.5) is 5.69 Å². The third-order valence-corrected chi connectivity index (χ3v) is 3.80. The van der Waals surface area contributed by atoms with E-state index in [1.165, 1.54) is 4.24 Å². The van der Waals surface area contributed by atoms with E-state index in [9.17, 15) is 9.90 Å². The van der Waals surface area contributed by atoms with E-state index in [4.69, 9.17) is 4.74 Å². The van der Waals surface area contributed by atoms with E-state index in [-0.39, 0.29) is 12.3 Å². The average Bonchev–Trinajstić information content (AvgIpc) is 2.70. The molecule has 0 atom stereocenters. The van der Waals surface area contributed by atoms with Crippen molar-refractivity contribution in [3.8, 4) is 0 Å². The lowest BCUT2D eigenvalue weighted by Gasteiger charge is -2.08. The first-order valence-electron chi connectivity index (χ1n) is 8.52. The van der Waals surface area contributed by atoms with Crippen molar-refractivity contribution in [2.24, 2.45) is 4.99 Å². The molecule has 27 heavy (non-hydrogen) atoms. The largest absolute Gasteiger partial charge is 0.854 e. The number of carbonyl (C=O) groups is 1. The summed E-state index contributed by atoms with van der Waals surface area (Å²) in [6, 6.07) is 12.4. The molecule has 3 rings (SSSR count). The Bertz CT molecular complexity index is 1000. The molecule has 0 aliphatic carbocycles. The first-order valence-corrected chi connectivity index (χ1v) is 8.52. The predicted molar refractivity (Wildman–Crippen MR) is 99.9 cm³/mol. The van der Waals surface area contributed by atoms with E-state index >= 15 is 0 Å². The number of carbonyl (C=O) groups excluding carboxylic acids is 1. The normalized spacial score (nSPS) is 13.2. The molecule has 0 bridgehead atoms. The molecule has 1 aromatic carbocycles. The van der Waals surface area contributed by atoms with Crippen LogP contribution in [-0.4, -0.2) is 18.5 Å². The van der Waals surface area contributed by atoms with Gasteiger partial charge < -0.3 is 15.2 Å². The minimum atomic E-state index is -0.714. The zero-order valence-corrected chi connectivity index (χ0v) is 14.8. The number of ether oxygens (including phenoxy) is 1. The number of nitrogens with one attached hydrogen (secondary N) is 1. The van der Waals surface area contributed by atoms with Gasteiger partial charge in [0.05, 0.1) is 18.2 Å². The number of aliphatic imine (C=N–C) groups is 1. The lowest BCUT2D eigenvalue weighted by atomic mass is 10.1. The van der Waals surface area contributed by atoms with Gasteiger partial charge in [-0.25, -0.2) is 4.79 Å². The summed E-state index contributed by atoms with van der Waals surface area (Å²) in [5.41, 5.74) is 1.33. The van der Waals surface area contributed by atoms with Crippen LogP contribution < -0.4 is 19.9 Å². The lowest BCUT2D eigenvalue weighted by Crippen LogP contribution is -2.39. The van der Waals surface area contributed by atoms with Crippen molar-refractivity contribution >= 4 is 23.1 Å². The zero-order valence-electron chi connectivity index (χ0n) is 14.8. The molecule has 6 heteroatoms. The third-order valence-electron chi connectivity index (χ3n) is 3.80. The lowest BCUT2D eigenvalue weighted by molar-refractivity contribution is -0.518. The molecule has 2 heterocycles. The Labute approximate surface area is 156 Å². The number of esters is 1. The Morgan fingerprint density at radius 3 is 2.41 bits per heavy atom. The van der Waals surface area contributed by atoms with Gasteiger partial charge >= 0.3 is 11.7 Å². The number of hydrogen-bond donors (Lipinski definition) is 1. The highest BCUT2D eigenvalue weighted by Crippen LogP contribution is 2.10. The van der Waals surface area contributed by atoms with Crippen LogP contribution >= 0.6 is 0 Å². The standard InChI is InChI=1S/C21H19N3O3/c1-2-27-21(26)19(20(25)23-18-6-4-3-5-7-18)24-14-10-17(11-15-24)16-8-12-22-13-9-16/h3-15H,2H2,1H3,(H-,22,23,25,26). The van der Waals surface area contributed by atoms with Gasteiger partial charge in [-0.05, 0) is 42.0 Å². The summed E-state index contributed by atoms with van der Waals surface area (Å²) < 4.78 is 6.49. The fourth-order valence-corrected chi connectivity index (χ4v) is 2.52. The number of rotatable bonds is 4. The van der Waals surface area contributed by atoms with E-state index in [1.54, 1.807) is 43.6 Å². The number of aromatic nitrogens is 1. The number of dihydropyridines is 1. The number of nitrogens with zero attached hydrogens (tertiary/aromatic N) is 2. The number of benzene rings is 1. The highest BCUT2D eigenvalue weighted by Gasteiger charge is 2.21. The minimum Gasteiger partial charge on any atom is -0.854 e. The first kappa shape index (κ1) is 18.1. The van der Waals surface area contributed by atoms with Crippen LogP contribution in [0.3, 0.4) is 0 Å². The van der Waals surface area contributed by atoms with Gasteiger partial charge in [-0.2, -0.15) is 4.24 Å². The molecule has 1 N–H and O–H groups in total. The molecule has 1 aliphatic rings. The van der Waals surface area contributed by atoms with Crippen LogP contribution in [0.2, 0.25) is 0 Å². The Morgan fingerprint density at radius 2 is 1.78 bits per heavy atom. The monoisotopic (exact) mass is 361 g/mol. The second kappa shape index (κ2) is 8.62. The maximum absolute atomic E-state index is 12.7. The fourth-order valence-electron chi connectivity index (χ4n) is 2.52. The van der Waals surface area contributed by atoms with Gasteiger partial charge in [0.25, 0.3) is 0 Å². The first-order chi connectivity index (χ1) is 13.2. The van der Waals surface area contributed by atoms with Gasteiger partial charge in [0.1, 0.15) is 0 Å². The van der Waals surface area contributed by atoms with Crippen molar-refractivity contribution in [3.63, 3.8) is 0 Å². The van der Waals surface area contributed by atoms with E-state index in [1.807, 2.05) is 42.8 Å². The molecule has 0 unspecified atom stereocenters. The molecular formula is C21H19N3O3. The van der Waals surface area contributed by atoms with Gasteiger partial charge in [0.15, 0.2) is 12.4 Å². The highest BCUT2D eigenvalue weighted by atomic mass is 16.5.